The Morgan fingerprint density at radius 3 is 3.00 bits per heavy atom. The molecule has 0 bridgehead atoms. The summed E-state index contributed by atoms with van der Waals surface area (Å²) in [6.07, 6.45) is 4.31. The van der Waals surface area contributed by atoms with Gasteiger partial charge in [0.1, 0.15) is 0 Å². The molecule has 4 rings (SSSR count). The van der Waals surface area contributed by atoms with Gasteiger partial charge in [-0.3, -0.25) is 4.79 Å². The lowest BCUT2D eigenvalue weighted by molar-refractivity contribution is -0.125. The van der Waals surface area contributed by atoms with E-state index < -0.39 is 0 Å². The van der Waals surface area contributed by atoms with Crippen LogP contribution in [-0.2, 0) is 16.6 Å². The van der Waals surface area contributed by atoms with Crippen LogP contribution < -0.4 is 10.2 Å². The van der Waals surface area contributed by atoms with Crippen molar-refractivity contribution in [1.82, 2.24) is 14.9 Å². The summed E-state index contributed by atoms with van der Waals surface area (Å²) in [5.74, 6) is 1.13. The smallest absolute Gasteiger partial charge is 0.224 e. The molecule has 25 heavy (non-hydrogen) atoms. The third kappa shape index (κ3) is 3.35. The lowest BCUT2D eigenvalue weighted by Crippen LogP contribution is -2.45. The summed E-state index contributed by atoms with van der Waals surface area (Å²) in [5, 5.41) is 3.09. The number of carbonyl (C=O) groups excluding carboxylic acids is 1. The van der Waals surface area contributed by atoms with Crippen LogP contribution in [0.15, 0.2) is 24.3 Å². The SMILES string of the molecule is Cn1c(N2CCCC(C(=O)NCC3CCCO3)C2)nc2ccccc21. The number of piperidine rings is 1. The van der Waals surface area contributed by atoms with Crippen molar-refractivity contribution in [2.45, 2.75) is 31.8 Å². The van der Waals surface area contributed by atoms with Gasteiger partial charge in [-0.1, -0.05) is 12.1 Å². The highest BCUT2D eigenvalue weighted by atomic mass is 16.5. The first-order chi connectivity index (χ1) is 12.2. The molecule has 2 aliphatic rings. The van der Waals surface area contributed by atoms with Crippen LogP contribution in [0.2, 0.25) is 0 Å². The lowest BCUT2D eigenvalue weighted by atomic mass is 9.97. The zero-order chi connectivity index (χ0) is 17.2. The zero-order valence-electron chi connectivity index (χ0n) is 14.8. The van der Waals surface area contributed by atoms with Gasteiger partial charge >= 0.3 is 0 Å². The van der Waals surface area contributed by atoms with Crippen LogP contribution in [0, 0.1) is 5.92 Å². The van der Waals surface area contributed by atoms with E-state index in [1.165, 1.54) is 0 Å². The van der Waals surface area contributed by atoms with Crippen molar-refractivity contribution in [1.29, 1.82) is 0 Å². The van der Waals surface area contributed by atoms with Gasteiger partial charge in [-0.15, -0.1) is 0 Å². The van der Waals surface area contributed by atoms with Gasteiger partial charge < -0.3 is 19.5 Å². The third-order valence-electron chi connectivity index (χ3n) is 5.37. The second-order valence-electron chi connectivity index (χ2n) is 7.12. The first-order valence-electron chi connectivity index (χ1n) is 9.28. The molecule has 2 atom stereocenters. The van der Waals surface area contributed by atoms with Crippen LogP contribution in [0.4, 0.5) is 5.95 Å². The van der Waals surface area contributed by atoms with Crippen molar-refractivity contribution in [3.63, 3.8) is 0 Å². The molecule has 3 heterocycles. The number of hydrogen-bond donors (Lipinski definition) is 1. The number of aromatic nitrogens is 2. The van der Waals surface area contributed by atoms with Gasteiger partial charge in [0, 0.05) is 33.3 Å². The van der Waals surface area contributed by atoms with Crippen molar-refractivity contribution < 1.29 is 9.53 Å². The molecule has 2 aliphatic heterocycles. The fourth-order valence-corrected chi connectivity index (χ4v) is 3.95. The molecule has 0 saturated carbocycles. The van der Waals surface area contributed by atoms with Gasteiger partial charge in [0.15, 0.2) is 0 Å². The number of nitrogens with one attached hydrogen (secondary N) is 1. The Balaban J connectivity index is 1.43. The van der Waals surface area contributed by atoms with Gasteiger partial charge in [0.05, 0.1) is 23.1 Å². The average molecular weight is 342 g/mol. The molecule has 2 unspecified atom stereocenters. The molecule has 2 aromatic rings. The maximum atomic E-state index is 12.6. The van der Waals surface area contributed by atoms with Crippen molar-refractivity contribution in [3.05, 3.63) is 24.3 Å². The predicted molar refractivity (Wildman–Crippen MR) is 97.6 cm³/mol. The molecular formula is C19H26N4O2. The molecule has 1 aromatic carbocycles. The summed E-state index contributed by atoms with van der Waals surface area (Å²) in [4.78, 5) is 19.6. The second-order valence-corrected chi connectivity index (χ2v) is 7.12. The maximum Gasteiger partial charge on any atom is 0.224 e. The monoisotopic (exact) mass is 342 g/mol. The minimum absolute atomic E-state index is 0.0231. The summed E-state index contributed by atoms with van der Waals surface area (Å²) >= 11 is 0. The largest absolute Gasteiger partial charge is 0.376 e. The molecule has 1 N–H and O–H groups in total. The van der Waals surface area contributed by atoms with Gasteiger partial charge in [-0.05, 0) is 37.8 Å². The number of imidazole rings is 1. The van der Waals surface area contributed by atoms with Crippen molar-refractivity contribution in [2.75, 3.05) is 31.1 Å². The van der Waals surface area contributed by atoms with E-state index in [1.807, 2.05) is 25.2 Å². The molecule has 0 spiro atoms. The Morgan fingerprint density at radius 2 is 2.20 bits per heavy atom. The van der Waals surface area contributed by atoms with E-state index in [1.54, 1.807) is 0 Å². The minimum atomic E-state index is 0.0231. The summed E-state index contributed by atoms with van der Waals surface area (Å²) in [5.41, 5.74) is 2.13. The summed E-state index contributed by atoms with van der Waals surface area (Å²) in [7, 11) is 2.05. The minimum Gasteiger partial charge on any atom is -0.376 e. The Hall–Kier alpha value is -2.08. The molecule has 6 nitrogen and oxygen atoms in total. The topological polar surface area (TPSA) is 59.4 Å². The number of hydrogen-bond acceptors (Lipinski definition) is 4. The summed E-state index contributed by atoms with van der Waals surface area (Å²) in [6, 6.07) is 8.16. The molecule has 6 heteroatoms. The molecular weight excluding hydrogens is 316 g/mol. The van der Waals surface area contributed by atoms with Gasteiger partial charge in [-0.2, -0.15) is 0 Å². The number of aryl methyl sites for hydroxylation is 1. The van der Waals surface area contributed by atoms with E-state index in [9.17, 15) is 4.79 Å². The average Bonchev–Trinajstić information content (AvgIpc) is 3.28. The lowest BCUT2D eigenvalue weighted by Gasteiger charge is -2.32. The normalized spacial score (nSPS) is 24.0. The van der Waals surface area contributed by atoms with E-state index in [0.717, 1.165) is 62.4 Å². The van der Waals surface area contributed by atoms with Crippen LogP contribution in [0.5, 0.6) is 0 Å². The molecule has 1 aromatic heterocycles. The number of nitrogens with zero attached hydrogens (tertiary/aromatic N) is 3. The first kappa shape index (κ1) is 16.4. The molecule has 2 saturated heterocycles. The van der Waals surface area contributed by atoms with Crippen LogP contribution in [-0.4, -0.2) is 47.8 Å². The van der Waals surface area contributed by atoms with Crippen LogP contribution >= 0.6 is 0 Å². The number of carbonyl (C=O) groups is 1. The highest BCUT2D eigenvalue weighted by molar-refractivity contribution is 5.81. The van der Waals surface area contributed by atoms with E-state index in [-0.39, 0.29) is 17.9 Å². The quantitative estimate of drug-likeness (QED) is 0.924. The molecule has 0 radical (unpaired) electrons. The predicted octanol–water partition coefficient (Wildman–Crippen LogP) is 2.08. The third-order valence-corrected chi connectivity index (χ3v) is 5.37. The number of rotatable bonds is 4. The Kier molecular flexibility index (Phi) is 4.61. The fourth-order valence-electron chi connectivity index (χ4n) is 3.95. The number of benzene rings is 1. The Morgan fingerprint density at radius 1 is 1.32 bits per heavy atom. The number of fused-ring (bicyclic) bond motifs is 1. The van der Waals surface area contributed by atoms with Gasteiger partial charge in [0.2, 0.25) is 11.9 Å². The highest BCUT2D eigenvalue weighted by Crippen LogP contribution is 2.26. The standard InChI is InChI=1S/C19H26N4O2/c1-22-17-9-3-2-8-16(17)21-19(22)23-10-4-6-14(13-23)18(24)20-12-15-7-5-11-25-15/h2-3,8-9,14-15H,4-7,10-13H2,1H3,(H,20,24). The first-order valence-corrected chi connectivity index (χ1v) is 9.28. The molecule has 134 valence electrons. The fraction of sp³-hybridized carbons (Fsp3) is 0.579. The second kappa shape index (κ2) is 7.04. The number of ether oxygens (including phenoxy) is 1. The number of amides is 1. The summed E-state index contributed by atoms with van der Waals surface area (Å²) in [6.45, 7) is 3.15. The van der Waals surface area contributed by atoms with Crippen LogP contribution in [0.3, 0.4) is 0 Å². The van der Waals surface area contributed by atoms with Crippen molar-refractivity contribution in [2.24, 2.45) is 13.0 Å². The number of anilines is 1. The van der Waals surface area contributed by atoms with Crippen molar-refractivity contribution in [3.8, 4) is 0 Å². The molecule has 2 fully saturated rings. The van der Waals surface area contributed by atoms with Crippen LogP contribution in [0.1, 0.15) is 25.7 Å². The summed E-state index contributed by atoms with van der Waals surface area (Å²) < 4.78 is 7.72. The Labute approximate surface area is 148 Å². The van der Waals surface area contributed by atoms with E-state index >= 15 is 0 Å². The molecule has 0 aliphatic carbocycles. The van der Waals surface area contributed by atoms with Gasteiger partial charge in [-0.25, -0.2) is 4.98 Å². The van der Waals surface area contributed by atoms with Crippen LogP contribution in [0.25, 0.3) is 11.0 Å². The van der Waals surface area contributed by atoms with E-state index in [2.05, 4.69) is 20.9 Å². The molecule has 1 amide bonds. The number of para-hydroxylation sites is 2. The Bertz CT molecular complexity index is 751. The van der Waals surface area contributed by atoms with Crippen molar-refractivity contribution >= 4 is 22.9 Å². The van der Waals surface area contributed by atoms with E-state index in [0.29, 0.717) is 6.54 Å². The zero-order valence-corrected chi connectivity index (χ0v) is 14.8. The van der Waals surface area contributed by atoms with Gasteiger partial charge in [0.25, 0.3) is 0 Å². The van der Waals surface area contributed by atoms with E-state index in [4.69, 9.17) is 9.72 Å². The maximum absolute atomic E-state index is 12.6. The highest BCUT2D eigenvalue weighted by Gasteiger charge is 2.28.